The number of phenolic OH excluding ortho intramolecular Hbond substituents is 1. The maximum Gasteiger partial charge on any atom is 0.408 e. The predicted molar refractivity (Wildman–Crippen MR) is 240 cm³/mol. The number of rotatable bonds is 17. The Kier molecular flexibility index (Phi) is 13.9. The molecule has 2 amide bonds. The van der Waals surface area contributed by atoms with Gasteiger partial charge in [-0.05, 0) is 108 Å². The van der Waals surface area contributed by atoms with Crippen molar-refractivity contribution in [1.82, 2.24) is 25.8 Å². The van der Waals surface area contributed by atoms with E-state index >= 15 is 0 Å². The van der Waals surface area contributed by atoms with Crippen molar-refractivity contribution >= 4 is 28.9 Å². The van der Waals surface area contributed by atoms with Crippen molar-refractivity contribution in [1.29, 1.82) is 0 Å². The van der Waals surface area contributed by atoms with Crippen LogP contribution in [0.15, 0.2) is 132 Å². The maximum absolute atomic E-state index is 13.2. The summed E-state index contributed by atoms with van der Waals surface area (Å²) in [4.78, 5) is 55.4. The van der Waals surface area contributed by atoms with Gasteiger partial charge in [0, 0.05) is 36.7 Å². The molecular weight excluding hydrogens is 815 g/mol. The van der Waals surface area contributed by atoms with Crippen LogP contribution >= 0.6 is 0 Å². The summed E-state index contributed by atoms with van der Waals surface area (Å²) in [5.74, 6) is 0.127. The van der Waals surface area contributed by atoms with Gasteiger partial charge in [0.2, 0.25) is 5.56 Å². The minimum atomic E-state index is -0.897. The van der Waals surface area contributed by atoms with Crippen molar-refractivity contribution in [3.63, 3.8) is 0 Å². The normalized spacial score (nSPS) is 17.5. The number of phenols is 1. The van der Waals surface area contributed by atoms with E-state index in [1.165, 1.54) is 12.1 Å². The number of aromatic nitrogens is 1. The summed E-state index contributed by atoms with van der Waals surface area (Å²) in [5, 5.41) is 30.5. The number of nitrogens with one attached hydrogen (secondary N) is 4. The van der Waals surface area contributed by atoms with Crippen LogP contribution < -0.4 is 26.2 Å². The fourth-order valence-electron chi connectivity index (χ4n) is 8.31. The highest BCUT2D eigenvalue weighted by atomic mass is 16.6. The van der Waals surface area contributed by atoms with Crippen LogP contribution in [0.3, 0.4) is 0 Å². The maximum atomic E-state index is 13.2. The smallest absolute Gasteiger partial charge is 0.408 e. The number of ether oxygens (including phenoxy) is 3. The van der Waals surface area contributed by atoms with Crippen molar-refractivity contribution in [3.05, 3.63) is 177 Å². The quantitative estimate of drug-likeness (QED) is 0.0457. The Bertz CT molecular complexity index is 2610. The van der Waals surface area contributed by atoms with E-state index in [0.717, 1.165) is 54.7 Å². The van der Waals surface area contributed by atoms with Gasteiger partial charge in [-0.25, -0.2) is 9.59 Å². The SMILES string of the molecule is O=C(NC(c1ccccc1)c1cccc(OCc2ccc(C(=O)OCCNC(=O)c3ccc(CNC[C@H](O)c4ccc(O)c5[nH]c(=O)ccc45)cc3)cc2)c1)O[C@H]1CN2CCC1CC2. The Morgan fingerprint density at radius 3 is 2.30 bits per heavy atom. The van der Waals surface area contributed by atoms with Crippen molar-refractivity contribution in [2.75, 3.05) is 39.3 Å². The molecule has 0 aliphatic carbocycles. The first-order valence-electron chi connectivity index (χ1n) is 21.5. The lowest BCUT2D eigenvalue weighted by atomic mass is 9.86. The molecule has 3 saturated heterocycles. The number of hydrogen-bond donors (Lipinski definition) is 6. The number of aromatic amines is 1. The second-order valence-electron chi connectivity index (χ2n) is 16.1. The highest BCUT2D eigenvalue weighted by molar-refractivity contribution is 5.94. The first-order chi connectivity index (χ1) is 31.2. The van der Waals surface area contributed by atoms with Gasteiger partial charge in [-0.15, -0.1) is 0 Å². The van der Waals surface area contributed by atoms with Crippen molar-refractivity contribution < 1.29 is 38.8 Å². The zero-order chi connectivity index (χ0) is 44.4. The van der Waals surface area contributed by atoms with Gasteiger partial charge in [-0.1, -0.05) is 72.8 Å². The number of H-pyrrole nitrogens is 1. The van der Waals surface area contributed by atoms with E-state index in [4.69, 9.17) is 14.2 Å². The van der Waals surface area contributed by atoms with Gasteiger partial charge < -0.3 is 45.4 Å². The Morgan fingerprint density at radius 1 is 0.812 bits per heavy atom. The molecule has 9 rings (SSSR count). The zero-order valence-electron chi connectivity index (χ0n) is 35.2. The number of aliphatic hydroxyl groups excluding tert-OH is 1. The molecule has 2 bridgehead atoms. The summed E-state index contributed by atoms with van der Waals surface area (Å²) >= 11 is 0. The fraction of sp³-hybridized carbons (Fsp3) is 0.280. The average molecular weight is 866 g/mol. The largest absolute Gasteiger partial charge is 0.506 e. The number of aliphatic hydroxyl groups is 1. The fourth-order valence-corrected chi connectivity index (χ4v) is 8.31. The van der Waals surface area contributed by atoms with E-state index in [9.17, 15) is 29.4 Å². The molecule has 1 aromatic heterocycles. The molecule has 6 N–H and O–H groups in total. The third kappa shape index (κ3) is 11.0. The molecule has 0 saturated carbocycles. The number of carbonyl (C=O) groups excluding carboxylic acids is 3. The lowest BCUT2D eigenvalue weighted by molar-refractivity contribution is -0.0336. The number of amides is 2. The standard InChI is InChI=1S/C50H51N5O9/c56-42-19-17-40(41-18-20-45(58)53-47(41)42)43(57)29-51-28-32-9-13-36(14-10-32)48(59)52-23-26-62-49(60)37-15-11-33(12-16-37)31-63-39-8-4-7-38(27-39)46(35-5-2-1-3-6-35)54-50(61)64-44-30-55-24-21-34(44)22-25-55/h1-20,27,34,43-44,46,51,56-57H,21-26,28-31H2,(H,52,59)(H,53,58)(H,54,61)/t43-,44-,46?/m0/s1. The molecule has 6 aromatic rings. The van der Waals surface area contributed by atoms with Crippen LogP contribution in [-0.4, -0.2) is 83.5 Å². The molecule has 5 aromatic carbocycles. The van der Waals surface area contributed by atoms with Crippen molar-refractivity contribution in [2.45, 2.75) is 44.2 Å². The molecule has 0 spiro atoms. The third-order valence-electron chi connectivity index (χ3n) is 11.8. The number of aromatic hydroxyl groups is 1. The molecule has 3 fully saturated rings. The molecule has 14 heteroatoms. The minimum absolute atomic E-state index is 0.0151. The first-order valence-corrected chi connectivity index (χ1v) is 21.5. The van der Waals surface area contributed by atoms with E-state index in [-0.39, 0.29) is 55.1 Å². The summed E-state index contributed by atoms with van der Waals surface area (Å²) in [7, 11) is 0. The number of alkyl carbamates (subject to hydrolysis) is 1. The number of pyridine rings is 1. The number of hydrogen-bond acceptors (Lipinski definition) is 11. The topological polar surface area (TPSA) is 192 Å². The van der Waals surface area contributed by atoms with Gasteiger partial charge in [0.25, 0.3) is 5.91 Å². The Balaban J connectivity index is 0.758. The Hall–Kier alpha value is -7.00. The van der Waals surface area contributed by atoms with Gasteiger partial charge in [-0.3, -0.25) is 14.5 Å². The summed E-state index contributed by atoms with van der Waals surface area (Å²) < 4.78 is 17.5. The number of esters is 1. The van der Waals surface area contributed by atoms with E-state index in [1.54, 1.807) is 60.7 Å². The number of benzene rings is 5. The van der Waals surface area contributed by atoms with Crippen LogP contribution in [-0.2, 0) is 22.6 Å². The van der Waals surface area contributed by atoms with Crippen LogP contribution in [0.1, 0.15) is 73.5 Å². The zero-order valence-corrected chi connectivity index (χ0v) is 35.2. The number of nitrogens with zero attached hydrogens (tertiary/aromatic N) is 1. The predicted octanol–water partition coefficient (Wildman–Crippen LogP) is 6.13. The Labute approximate surface area is 370 Å². The lowest BCUT2D eigenvalue weighted by Crippen LogP contribution is -2.52. The van der Waals surface area contributed by atoms with Crippen molar-refractivity contribution in [2.24, 2.45) is 5.92 Å². The van der Waals surface area contributed by atoms with Crippen molar-refractivity contribution in [3.8, 4) is 11.5 Å². The van der Waals surface area contributed by atoms with E-state index in [0.29, 0.717) is 40.3 Å². The first kappa shape index (κ1) is 43.6. The number of carbonyl (C=O) groups is 3. The molecule has 0 radical (unpaired) electrons. The number of piperidine rings is 3. The molecule has 3 aliphatic rings. The van der Waals surface area contributed by atoms with E-state index in [1.807, 2.05) is 54.6 Å². The minimum Gasteiger partial charge on any atom is -0.506 e. The van der Waals surface area contributed by atoms with Crippen LogP contribution in [0.4, 0.5) is 4.79 Å². The molecule has 4 heterocycles. The van der Waals surface area contributed by atoms with Crippen LogP contribution in [0.25, 0.3) is 10.9 Å². The van der Waals surface area contributed by atoms with Crippen LogP contribution in [0.5, 0.6) is 11.5 Å². The summed E-state index contributed by atoms with van der Waals surface area (Å²) in [6.07, 6.45) is 0.678. The summed E-state index contributed by atoms with van der Waals surface area (Å²) in [5.41, 5.74) is 4.80. The lowest BCUT2D eigenvalue weighted by Gasteiger charge is -2.43. The van der Waals surface area contributed by atoms with Gasteiger partial charge >= 0.3 is 12.1 Å². The van der Waals surface area contributed by atoms with Gasteiger partial charge in [0.1, 0.15) is 30.8 Å². The molecule has 330 valence electrons. The van der Waals surface area contributed by atoms with E-state index in [2.05, 4.69) is 25.8 Å². The molecule has 3 atom stereocenters. The van der Waals surface area contributed by atoms with Gasteiger partial charge in [-0.2, -0.15) is 0 Å². The molecule has 64 heavy (non-hydrogen) atoms. The monoisotopic (exact) mass is 865 g/mol. The Morgan fingerprint density at radius 2 is 1.55 bits per heavy atom. The van der Waals surface area contributed by atoms with Gasteiger partial charge in [0.15, 0.2) is 0 Å². The van der Waals surface area contributed by atoms with Crippen LogP contribution in [0.2, 0.25) is 0 Å². The molecule has 3 aliphatic heterocycles. The number of fused-ring (bicyclic) bond motifs is 4. The summed E-state index contributed by atoms with van der Waals surface area (Å²) in [6, 6.07) is 36.8. The molecular formula is C50H51N5O9. The second-order valence-corrected chi connectivity index (χ2v) is 16.1. The van der Waals surface area contributed by atoms with E-state index < -0.39 is 24.2 Å². The summed E-state index contributed by atoms with van der Waals surface area (Å²) in [6.45, 7) is 3.92. The highest BCUT2D eigenvalue weighted by Crippen LogP contribution is 2.31. The molecule has 14 nitrogen and oxygen atoms in total. The average Bonchev–Trinajstić information content (AvgIpc) is 3.32. The second kappa shape index (κ2) is 20.5. The highest BCUT2D eigenvalue weighted by Gasteiger charge is 2.37. The molecule has 1 unspecified atom stereocenters. The third-order valence-corrected chi connectivity index (χ3v) is 11.8. The van der Waals surface area contributed by atoms with Crippen LogP contribution in [0, 0.1) is 5.92 Å². The van der Waals surface area contributed by atoms with Gasteiger partial charge in [0.05, 0.1) is 29.8 Å².